The van der Waals surface area contributed by atoms with Crippen LogP contribution in [0.2, 0.25) is 0 Å². The van der Waals surface area contributed by atoms with E-state index in [0.29, 0.717) is 24.4 Å². The molecule has 2 rings (SSSR count). The van der Waals surface area contributed by atoms with Crippen LogP contribution < -0.4 is 5.32 Å². The van der Waals surface area contributed by atoms with Crippen molar-refractivity contribution in [1.29, 1.82) is 0 Å². The van der Waals surface area contributed by atoms with Gasteiger partial charge in [0.15, 0.2) is 0 Å². The summed E-state index contributed by atoms with van der Waals surface area (Å²) in [6, 6.07) is 0.571. The van der Waals surface area contributed by atoms with E-state index in [1.165, 1.54) is 32.1 Å². The third-order valence-electron chi connectivity index (χ3n) is 4.56. The van der Waals surface area contributed by atoms with Crippen LogP contribution >= 0.6 is 12.4 Å². The van der Waals surface area contributed by atoms with E-state index in [0.717, 1.165) is 26.2 Å². The Labute approximate surface area is 129 Å². The van der Waals surface area contributed by atoms with Crippen molar-refractivity contribution in [3.05, 3.63) is 0 Å². The van der Waals surface area contributed by atoms with Crippen molar-refractivity contribution in [2.24, 2.45) is 5.92 Å². The maximum absolute atomic E-state index is 12.4. The third kappa shape index (κ3) is 5.23. The summed E-state index contributed by atoms with van der Waals surface area (Å²) in [5, 5.41) is 3.43. The molecular weight excluding hydrogens is 274 g/mol. The molecule has 0 aromatic rings. The third-order valence-corrected chi connectivity index (χ3v) is 4.56. The van der Waals surface area contributed by atoms with Crippen LogP contribution in [0, 0.1) is 5.92 Å². The fraction of sp³-hybridized carbons (Fsp3) is 0.933. The van der Waals surface area contributed by atoms with E-state index < -0.39 is 0 Å². The van der Waals surface area contributed by atoms with E-state index in [1.54, 1.807) is 0 Å². The second kappa shape index (κ2) is 8.85. The lowest BCUT2D eigenvalue weighted by molar-refractivity contribution is -0.134. The van der Waals surface area contributed by atoms with Crippen LogP contribution in [-0.2, 0) is 4.79 Å². The molecule has 2 saturated heterocycles. The number of hydrogen-bond donors (Lipinski definition) is 1. The molecule has 1 amide bonds. The van der Waals surface area contributed by atoms with E-state index in [-0.39, 0.29) is 12.4 Å². The zero-order chi connectivity index (χ0) is 13.7. The Morgan fingerprint density at radius 2 is 2.05 bits per heavy atom. The quantitative estimate of drug-likeness (QED) is 0.863. The Bertz CT molecular complexity index is 293. The van der Waals surface area contributed by atoms with Crippen molar-refractivity contribution in [2.45, 2.75) is 45.1 Å². The molecule has 0 radical (unpaired) electrons. The number of amides is 1. The average molecular weight is 304 g/mol. The smallest absolute Gasteiger partial charge is 0.236 e. The van der Waals surface area contributed by atoms with Crippen LogP contribution in [0.5, 0.6) is 0 Å². The van der Waals surface area contributed by atoms with Gasteiger partial charge >= 0.3 is 0 Å². The minimum absolute atomic E-state index is 0. The van der Waals surface area contributed by atoms with Gasteiger partial charge in [0.2, 0.25) is 5.91 Å². The van der Waals surface area contributed by atoms with Crippen molar-refractivity contribution in [3.8, 4) is 0 Å². The fourth-order valence-corrected chi connectivity index (χ4v) is 3.30. The van der Waals surface area contributed by atoms with E-state index in [2.05, 4.69) is 29.1 Å². The van der Waals surface area contributed by atoms with Crippen molar-refractivity contribution in [1.82, 2.24) is 15.1 Å². The average Bonchev–Trinajstić information content (AvgIpc) is 2.67. The first-order valence-corrected chi connectivity index (χ1v) is 7.85. The molecule has 0 aliphatic carbocycles. The van der Waals surface area contributed by atoms with Gasteiger partial charge in [0.25, 0.3) is 0 Å². The number of piperidine rings is 1. The first-order chi connectivity index (χ1) is 9.16. The normalized spacial score (nSPS) is 27.9. The molecule has 0 aromatic carbocycles. The van der Waals surface area contributed by atoms with Crippen LogP contribution in [0.4, 0.5) is 0 Å². The summed E-state index contributed by atoms with van der Waals surface area (Å²) in [6.45, 7) is 6.98. The molecule has 4 nitrogen and oxygen atoms in total. The van der Waals surface area contributed by atoms with Gasteiger partial charge < -0.3 is 10.2 Å². The number of carbonyl (C=O) groups is 1. The lowest BCUT2D eigenvalue weighted by Crippen LogP contribution is -2.46. The zero-order valence-electron chi connectivity index (χ0n) is 12.9. The fourth-order valence-electron chi connectivity index (χ4n) is 3.30. The Morgan fingerprint density at radius 3 is 2.80 bits per heavy atom. The van der Waals surface area contributed by atoms with Gasteiger partial charge in [-0.2, -0.15) is 0 Å². The first-order valence-electron chi connectivity index (χ1n) is 7.85. The lowest BCUT2D eigenvalue weighted by Gasteiger charge is -2.34. The maximum atomic E-state index is 12.4. The minimum Gasteiger partial charge on any atom is -0.341 e. The summed E-state index contributed by atoms with van der Waals surface area (Å²) in [5.41, 5.74) is 0. The van der Waals surface area contributed by atoms with E-state index in [9.17, 15) is 4.79 Å². The van der Waals surface area contributed by atoms with Gasteiger partial charge in [0.1, 0.15) is 0 Å². The number of likely N-dealkylation sites (N-methyl/N-ethyl adjacent to an activating group) is 1. The van der Waals surface area contributed by atoms with Gasteiger partial charge in [-0.05, 0) is 58.2 Å². The van der Waals surface area contributed by atoms with Gasteiger partial charge in [-0.1, -0.05) is 6.92 Å². The van der Waals surface area contributed by atoms with Crippen LogP contribution in [0.15, 0.2) is 0 Å². The Balaban J connectivity index is 0.00000200. The SMILES string of the molecule is CC1CCCN(C(=O)CN(C)C2CCCNCC2)C1.Cl. The molecule has 0 aromatic heterocycles. The molecule has 0 bridgehead atoms. The van der Waals surface area contributed by atoms with Crippen molar-refractivity contribution in [3.63, 3.8) is 0 Å². The highest BCUT2D eigenvalue weighted by atomic mass is 35.5. The summed E-state index contributed by atoms with van der Waals surface area (Å²) in [6.07, 6.45) is 6.05. The number of nitrogens with one attached hydrogen (secondary N) is 1. The predicted molar refractivity (Wildman–Crippen MR) is 85.4 cm³/mol. The summed E-state index contributed by atoms with van der Waals surface area (Å²) in [5.74, 6) is 0.997. The first kappa shape index (κ1) is 17.7. The Morgan fingerprint density at radius 1 is 1.25 bits per heavy atom. The van der Waals surface area contributed by atoms with Crippen LogP contribution in [0.25, 0.3) is 0 Å². The van der Waals surface area contributed by atoms with E-state index in [4.69, 9.17) is 0 Å². The van der Waals surface area contributed by atoms with Crippen LogP contribution in [0.1, 0.15) is 39.0 Å². The van der Waals surface area contributed by atoms with Gasteiger partial charge in [0, 0.05) is 19.1 Å². The summed E-state index contributed by atoms with van der Waals surface area (Å²) in [7, 11) is 2.11. The Kier molecular flexibility index (Phi) is 7.85. The highest BCUT2D eigenvalue weighted by Gasteiger charge is 2.24. The molecule has 1 N–H and O–H groups in total. The topological polar surface area (TPSA) is 35.6 Å². The summed E-state index contributed by atoms with van der Waals surface area (Å²) in [4.78, 5) is 16.7. The molecule has 2 aliphatic heterocycles. The van der Waals surface area contributed by atoms with Crippen molar-refractivity contribution >= 4 is 18.3 Å². The van der Waals surface area contributed by atoms with Gasteiger partial charge in [-0.15, -0.1) is 12.4 Å². The standard InChI is InChI=1S/C15H29N3O.ClH/c1-13-5-4-10-18(11-13)15(19)12-17(2)14-6-3-8-16-9-7-14;/h13-14,16H,3-12H2,1-2H3;1H. The molecule has 2 atom stereocenters. The number of rotatable bonds is 3. The van der Waals surface area contributed by atoms with Crippen LogP contribution in [0.3, 0.4) is 0 Å². The molecule has 5 heteroatoms. The molecule has 0 spiro atoms. The lowest BCUT2D eigenvalue weighted by atomic mass is 10.0. The highest BCUT2D eigenvalue weighted by molar-refractivity contribution is 5.85. The second-order valence-corrected chi connectivity index (χ2v) is 6.34. The molecular formula is C15H30ClN3O. The molecule has 118 valence electrons. The van der Waals surface area contributed by atoms with Crippen LogP contribution in [-0.4, -0.2) is 61.5 Å². The Hall–Kier alpha value is -0.320. The van der Waals surface area contributed by atoms with Crippen molar-refractivity contribution < 1.29 is 4.79 Å². The number of halogens is 1. The minimum atomic E-state index is 0. The number of nitrogens with zero attached hydrogens (tertiary/aromatic N) is 2. The van der Waals surface area contributed by atoms with Crippen molar-refractivity contribution in [2.75, 3.05) is 39.8 Å². The molecule has 0 saturated carbocycles. The molecule has 2 fully saturated rings. The summed E-state index contributed by atoms with van der Waals surface area (Å²) >= 11 is 0. The maximum Gasteiger partial charge on any atom is 0.236 e. The van der Waals surface area contributed by atoms with Gasteiger partial charge in [-0.25, -0.2) is 0 Å². The van der Waals surface area contributed by atoms with E-state index >= 15 is 0 Å². The molecule has 2 heterocycles. The summed E-state index contributed by atoms with van der Waals surface area (Å²) < 4.78 is 0. The molecule has 2 unspecified atom stereocenters. The zero-order valence-corrected chi connectivity index (χ0v) is 13.8. The number of likely N-dealkylation sites (tertiary alicyclic amines) is 1. The van der Waals surface area contributed by atoms with E-state index in [1.807, 2.05) is 0 Å². The molecule has 2 aliphatic rings. The predicted octanol–water partition coefficient (Wildman–Crippen LogP) is 1.74. The largest absolute Gasteiger partial charge is 0.341 e. The molecule has 20 heavy (non-hydrogen) atoms. The second-order valence-electron chi connectivity index (χ2n) is 6.34. The highest BCUT2D eigenvalue weighted by Crippen LogP contribution is 2.17. The van der Waals surface area contributed by atoms with Gasteiger partial charge in [-0.3, -0.25) is 9.69 Å². The van der Waals surface area contributed by atoms with Gasteiger partial charge in [0.05, 0.1) is 6.54 Å². The number of carbonyl (C=O) groups excluding carboxylic acids is 1. The number of hydrogen-bond acceptors (Lipinski definition) is 3. The monoisotopic (exact) mass is 303 g/mol.